The van der Waals surface area contributed by atoms with Crippen molar-refractivity contribution >= 4 is 20.9 Å². The van der Waals surface area contributed by atoms with Crippen LogP contribution in [0.5, 0.6) is 0 Å². The Morgan fingerprint density at radius 3 is 2.49 bits per heavy atom. The number of benzene rings is 1. The molecule has 0 saturated carbocycles. The topological polar surface area (TPSA) is 101 Å². The van der Waals surface area contributed by atoms with Gasteiger partial charge in [-0.3, -0.25) is 9.55 Å². The lowest BCUT2D eigenvalue weighted by Gasteiger charge is -2.17. The van der Waals surface area contributed by atoms with Gasteiger partial charge in [-0.2, -0.15) is 23.2 Å². The average molecular weight is 503 g/mol. The van der Waals surface area contributed by atoms with E-state index < -0.39 is 33.0 Å². The number of nitrogens with zero attached hydrogens (tertiary/aromatic N) is 4. The van der Waals surface area contributed by atoms with E-state index in [1.807, 2.05) is 6.92 Å². The Labute approximate surface area is 197 Å². The second-order valence-corrected chi connectivity index (χ2v) is 9.48. The summed E-state index contributed by atoms with van der Waals surface area (Å²) in [5.41, 5.74) is 1.73. The molecule has 0 spiro atoms. The zero-order chi connectivity index (χ0) is 25.5. The molecule has 0 aliphatic rings. The van der Waals surface area contributed by atoms with Crippen LogP contribution in [-0.4, -0.2) is 35.2 Å². The lowest BCUT2D eigenvalue weighted by Crippen LogP contribution is -2.42. The highest BCUT2D eigenvalue weighted by Crippen LogP contribution is 2.36. The maximum Gasteiger partial charge on any atom is 0.404 e. The minimum absolute atomic E-state index is 0.1000. The summed E-state index contributed by atoms with van der Waals surface area (Å²) in [5, 5.41) is 10.4. The van der Waals surface area contributed by atoms with E-state index in [4.69, 9.17) is 0 Å². The van der Waals surface area contributed by atoms with Crippen molar-refractivity contribution in [3.05, 3.63) is 71.8 Å². The van der Waals surface area contributed by atoms with Gasteiger partial charge < -0.3 is 0 Å². The lowest BCUT2D eigenvalue weighted by atomic mass is 10.1. The number of hydrogen-bond donors (Lipinski definition) is 1. The highest BCUT2D eigenvalue weighted by atomic mass is 32.2. The highest BCUT2D eigenvalue weighted by molar-refractivity contribution is 7.89. The van der Waals surface area contributed by atoms with E-state index >= 15 is 0 Å². The summed E-state index contributed by atoms with van der Waals surface area (Å²) in [6.07, 6.45) is -2.51. The van der Waals surface area contributed by atoms with Crippen molar-refractivity contribution in [2.24, 2.45) is 0 Å². The van der Waals surface area contributed by atoms with Crippen LogP contribution in [-0.2, 0) is 10.0 Å². The maximum atomic E-state index is 14.8. The fraction of sp³-hybridized carbons (Fsp3) is 0.174. The van der Waals surface area contributed by atoms with Gasteiger partial charge in [0.25, 0.3) is 0 Å². The van der Waals surface area contributed by atoms with Gasteiger partial charge in [0.15, 0.2) is 11.6 Å². The number of nitrogens with one attached hydrogen (secondary N) is 1. The molecule has 180 valence electrons. The van der Waals surface area contributed by atoms with Crippen LogP contribution in [0.25, 0.3) is 28.1 Å². The Hall–Kier alpha value is -3.82. The summed E-state index contributed by atoms with van der Waals surface area (Å²) >= 11 is 0. The van der Waals surface area contributed by atoms with Crippen LogP contribution in [0, 0.1) is 24.1 Å². The Kier molecular flexibility index (Phi) is 6.08. The van der Waals surface area contributed by atoms with Crippen LogP contribution in [0.4, 0.5) is 17.6 Å². The monoisotopic (exact) mass is 503 g/mol. The summed E-state index contributed by atoms with van der Waals surface area (Å²) in [6, 6.07) is 9.93. The second-order valence-electron chi connectivity index (χ2n) is 7.76. The molecule has 0 radical (unpaired) electrons. The third-order valence-electron chi connectivity index (χ3n) is 5.30. The maximum absolute atomic E-state index is 14.8. The molecule has 0 fully saturated rings. The van der Waals surface area contributed by atoms with Gasteiger partial charge in [-0.1, -0.05) is 11.6 Å². The normalized spacial score (nSPS) is 13.1. The highest BCUT2D eigenvalue weighted by Gasteiger charge is 2.39. The van der Waals surface area contributed by atoms with Crippen LogP contribution in [0.2, 0.25) is 0 Å². The van der Waals surface area contributed by atoms with Crippen molar-refractivity contribution in [1.29, 1.82) is 5.26 Å². The number of nitriles is 1. The van der Waals surface area contributed by atoms with Gasteiger partial charge in [0, 0.05) is 17.8 Å². The molecule has 4 rings (SSSR count). The van der Waals surface area contributed by atoms with Crippen LogP contribution in [0.1, 0.15) is 18.1 Å². The van der Waals surface area contributed by atoms with Gasteiger partial charge >= 0.3 is 6.18 Å². The van der Waals surface area contributed by atoms with E-state index in [9.17, 15) is 31.2 Å². The zero-order valence-corrected chi connectivity index (χ0v) is 19.1. The molecular weight excluding hydrogens is 486 g/mol. The average Bonchev–Trinajstić information content (AvgIpc) is 3.11. The van der Waals surface area contributed by atoms with Gasteiger partial charge in [0.2, 0.25) is 10.0 Å². The molecule has 35 heavy (non-hydrogen) atoms. The third-order valence-corrected chi connectivity index (χ3v) is 6.82. The molecule has 0 bridgehead atoms. The molecule has 0 aliphatic heterocycles. The SMILES string of the molecule is Cc1ccc2c(c1)c(C#N)c(-c1ccc(S(=O)(=O)N[C@@H](C)C(F)(F)F)cn1)n2-c1ncccc1F. The van der Waals surface area contributed by atoms with E-state index in [-0.39, 0.29) is 22.8 Å². The molecule has 4 aromatic rings. The zero-order valence-electron chi connectivity index (χ0n) is 18.3. The van der Waals surface area contributed by atoms with Crippen molar-refractivity contribution in [2.75, 3.05) is 0 Å². The molecule has 1 atom stereocenters. The minimum Gasteiger partial charge on any atom is -0.288 e. The van der Waals surface area contributed by atoms with Crippen molar-refractivity contribution in [3.8, 4) is 23.3 Å². The fourth-order valence-corrected chi connectivity index (χ4v) is 4.74. The first kappa shape index (κ1) is 24.3. The Bertz CT molecular complexity index is 1570. The predicted octanol–water partition coefficient (Wildman–Crippen LogP) is 4.64. The van der Waals surface area contributed by atoms with Gasteiger partial charge in [0.1, 0.15) is 17.0 Å². The number of hydrogen-bond acceptors (Lipinski definition) is 5. The van der Waals surface area contributed by atoms with E-state index in [1.165, 1.54) is 29.0 Å². The van der Waals surface area contributed by atoms with Crippen molar-refractivity contribution < 1.29 is 26.0 Å². The van der Waals surface area contributed by atoms with Crippen molar-refractivity contribution in [1.82, 2.24) is 19.3 Å². The number of rotatable bonds is 5. The van der Waals surface area contributed by atoms with E-state index in [0.29, 0.717) is 17.8 Å². The molecular formula is C23H17F4N5O2S. The number of sulfonamides is 1. The largest absolute Gasteiger partial charge is 0.404 e. The third kappa shape index (κ3) is 4.48. The first-order valence-electron chi connectivity index (χ1n) is 10.2. The van der Waals surface area contributed by atoms with Crippen LogP contribution in [0.15, 0.2) is 59.8 Å². The van der Waals surface area contributed by atoms with E-state index in [1.54, 1.807) is 22.9 Å². The lowest BCUT2D eigenvalue weighted by molar-refractivity contribution is -0.147. The molecule has 3 aromatic heterocycles. The summed E-state index contributed by atoms with van der Waals surface area (Å²) in [6.45, 7) is 2.51. The van der Waals surface area contributed by atoms with Gasteiger partial charge in [-0.05, 0) is 50.2 Å². The molecule has 0 saturated heterocycles. The standard InChI is InChI=1S/C23H17F4N5O2S/c1-13-5-8-20-16(10-13)17(11-28)21(32(20)22-18(24)4-3-9-29-22)19-7-6-15(12-30-19)35(33,34)31-14(2)23(25,26)27/h3-10,12,14,31H,1-2H3/t14-/m0/s1. The summed E-state index contributed by atoms with van der Waals surface area (Å²) in [4.78, 5) is 7.71. The predicted molar refractivity (Wildman–Crippen MR) is 120 cm³/mol. The summed E-state index contributed by atoms with van der Waals surface area (Å²) < 4.78 is 81.0. The molecule has 0 amide bonds. The number of alkyl halides is 3. The molecule has 1 N–H and O–H groups in total. The molecule has 0 unspecified atom stereocenters. The number of aromatic nitrogens is 3. The van der Waals surface area contributed by atoms with E-state index in [0.717, 1.165) is 17.8 Å². The first-order chi connectivity index (χ1) is 16.4. The number of fused-ring (bicyclic) bond motifs is 1. The van der Waals surface area contributed by atoms with Crippen LogP contribution in [0.3, 0.4) is 0 Å². The number of halogens is 4. The van der Waals surface area contributed by atoms with Crippen LogP contribution < -0.4 is 4.72 Å². The Morgan fingerprint density at radius 1 is 1.14 bits per heavy atom. The second kappa shape index (κ2) is 8.75. The van der Waals surface area contributed by atoms with Gasteiger partial charge in [-0.25, -0.2) is 17.8 Å². The van der Waals surface area contributed by atoms with Crippen molar-refractivity contribution in [2.45, 2.75) is 31.0 Å². The first-order valence-corrected chi connectivity index (χ1v) is 11.6. The molecule has 3 heterocycles. The molecule has 1 aromatic carbocycles. The van der Waals surface area contributed by atoms with Gasteiger partial charge in [0.05, 0.1) is 22.5 Å². The molecule has 0 aliphatic carbocycles. The smallest absolute Gasteiger partial charge is 0.288 e. The van der Waals surface area contributed by atoms with Crippen molar-refractivity contribution in [3.63, 3.8) is 0 Å². The summed E-state index contributed by atoms with van der Waals surface area (Å²) in [5.74, 6) is -0.766. The quantitative estimate of drug-likeness (QED) is 0.400. The van der Waals surface area contributed by atoms with E-state index in [2.05, 4.69) is 16.0 Å². The van der Waals surface area contributed by atoms with Crippen LogP contribution >= 0.6 is 0 Å². The molecule has 12 heteroatoms. The molecule has 7 nitrogen and oxygen atoms in total. The number of aryl methyl sites for hydroxylation is 1. The van der Waals surface area contributed by atoms with Gasteiger partial charge in [-0.15, -0.1) is 0 Å². The Balaban J connectivity index is 1.90. The summed E-state index contributed by atoms with van der Waals surface area (Å²) in [7, 11) is -4.53. The minimum atomic E-state index is -4.77. The number of pyridine rings is 2. The fourth-order valence-electron chi connectivity index (χ4n) is 3.57. The Morgan fingerprint density at radius 2 is 1.89 bits per heavy atom.